The van der Waals surface area contributed by atoms with Crippen LogP contribution in [-0.4, -0.2) is 0 Å². The summed E-state index contributed by atoms with van der Waals surface area (Å²) in [5, 5.41) is 4.72. The first-order valence-electron chi connectivity index (χ1n) is 10.2. The monoisotopic (exact) mass is 417 g/mol. The first kappa shape index (κ1) is 18.8. The van der Waals surface area contributed by atoms with Gasteiger partial charge in [0.05, 0.1) is 6.04 Å². The van der Waals surface area contributed by atoms with Crippen LogP contribution in [0.4, 0.5) is 5.69 Å². The molecule has 0 spiro atoms. The number of benzene rings is 3. The van der Waals surface area contributed by atoms with Crippen molar-refractivity contribution in [3.8, 4) is 0 Å². The second kappa shape index (κ2) is 7.93. The van der Waals surface area contributed by atoms with Crippen LogP contribution in [-0.2, 0) is 5.75 Å². The van der Waals surface area contributed by atoms with E-state index < -0.39 is 0 Å². The van der Waals surface area contributed by atoms with Gasteiger partial charge >= 0.3 is 0 Å². The number of hydrogen-bond donors (Lipinski definition) is 1. The average Bonchev–Trinajstić information content (AvgIpc) is 3.24. The molecule has 146 valence electrons. The van der Waals surface area contributed by atoms with Crippen molar-refractivity contribution in [2.24, 2.45) is 5.92 Å². The summed E-state index contributed by atoms with van der Waals surface area (Å²) in [7, 11) is 0. The zero-order chi connectivity index (χ0) is 19.8. The number of thioether (sulfide) groups is 1. The Kier molecular flexibility index (Phi) is 5.15. The number of fused-ring (bicyclic) bond motifs is 3. The van der Waals surface area contributed by atoms with Crippen molar-refractivity contribution in [2.45, 2.75) is 36.0 Å². The molecule has 5 rings (SSSR count). The highest BCUT2D eigenvalue weighted by atomic mass is 35.5. The van der Waals surface area contributed by atoms with Crippen LogP contribution < -0.4 is 5.32 Å². The lowest BCUT2D eigenvalue weighted by Gasteiger charge is -2.39. The summed E-state index contributed by atoms with van der Waals surface area (Å²) in [5.41, 5.74) is 6.66. The lowest BCUT2D eigenvalue weighted by Crippen LogP contribution is -2.30. The fraction of sp³-hybridized carbons (Fsp3) is 0.231. The van der Waals surface area contributed by atoms with Gasteiger partial charge in [-0.2, -0.15) is 0 Å². The van der Waals surface area contributed by atoms with Gasteiger partial charge in [-0.25, -0.2) is 0 Å². The smallest absolute Gasteiger partial charge is 0.0568 e. The molecule has 0 saturated carbocycles. The third-order valence-corrected chi connectivity index (χ3v) is 7.54. The lowest BCUT2D eigenvalue weighted by atomic mass is 9.76. The Labute approximate surface area is 182 Å². The van der Waals surface area contributed by atoms with Crippen molar-refractivity contribution >= 4 is 29.1 Å². The highest BCUT2D eigenvalue weighted by Crippen LogP contribution is 2.51. The fourth-order valence-electron chi connectivity index (χ4n) is 4.77. The van der Waals surface area contributed by atoms with E-state index in [4.69, 9.17) is 11.6 Å². The minimum atomic E-state index is 0.249. The molecule has 0 bridgehead atoms. The van der Waals surface area contributed by atoms with Crippen LogP contribution in [0, 0.1) is 12.8 Å². The fourth-order valence-corrected chi connectivity index (χ4v) is 5.87. The average molecular weight is 418 g/mol. The number of nitrogens with one attached hydrogen (secondary N) is 1. The molecule has 0 aromatic heterocycles. The maximum atomic E-state index is 6.58. The van der Waals surface area contributed by atoms with Gasteiger partial charge < -0.3 is 5.32 Å². The molecule has 2 aliphatic rings. The Morgan fingerprint density at radius 1 is 1.00 bits per heavy atom. The largest absolute Gasteiger partial charge is 0.377 e. The van der Waals surface area contributed by atoms with Gasteiger partial charge in [0.15, 0.2) is 0 Å². The molecule has 0 amide bonds. The molecule has 1 heterocycles. The number of hydrogen-bond acceptors (Lipinski definition) is 2. The summed E-state index contributed by atoms with van der Waals surface area (Å²) in [6.45, 7) is 2.23. The van der Waals surface area contributed by atoms with Crippen LogP contribution in [0.1, 0.15) is 40.6 Å². The first-order chi connectivity index (χ1) is 14.2. The molecular formula is C26H24ClNS. The minimum absolute atomic E-state index is 0.249. The summed E-state index contributed by atoms with van der Waals surface area (Å²) in [6, 6.07) is 23.9. The Morgan fingerprint density at radius 2 is 1.79 bits per heavy atom. The number of rotatable bonds is 4. The SMILES string of the molecule is Cc1cc(CSc2ccccc2)cc2c1N[C@H](c1ccccc1Cl)[C@@H]1CC=C[C@@H]21. The number of halogens is 1. The Bertz CT molecular complexity index is 1060. The molecule has 1 N–H and O–H groups in total. The first-order valence-corrected chi connectivity index (χ1v) is 11.6. The van der Waals surface area contributed by atoms with Gasteiger partial charge in [-0.15, -0.1) is 11.8 Å². The maximum Gasteiger partial charge on any atom is 0.0568 e. The van der Waals surface area contributed by atoms with E-state index in [0.717, 1.165) is 17.2 Å². The maximum absolute atomic E-state index is 6.58. The number of allylic oxidation sites excluding steroid dienone is 2. The molecule has 0 fully saturated rings. The standard InChI is InChI=1S/C26H24ClNS/c1-17-14-18(16-29-19-8-3-2-4-9-19)15-23-20-11-7-12-21(20)26(28-25(17)23)22-10-5-6-13-24(22)27/h2-11,13-15,20-21,26,28H,12,16H2,1H3/t20-,21-,26+/m1/s1. The predicted octanol–water partition coefficient (Wildman–Crippen LogP) is 7.77. The topological polar surface area (TPSA) is 12.0 Å². The van der Waals surface area contributed by atoms with E-state index in [2.05, 4.69) is 79.0 Å². The van der Waals surface area contributed by atoms with E-state index in [0.29, 0.717) is 11.8 Å². The van der Waals surface area contributed by atoms with E-state index in [9.17, 15) is 0 Å². The summed E-state index contributed by atoms with van der Waals surface area (Å²) < 4.78 is 0. The van der Waals surface area contributed by atoms with E-state index >= 15 is 0 Å². The summed E-state index contributed by atoms with van der Waals surface area (Å²) in [5.74, 6) is 1.96. The van der Waals surface area contributed by atoms with Crippen LogP contribution in [0.25, 0.3) is 0 Å². The Hall–Kier alpha value is -2.16. The van der Waals surface area contributed by atoms with Gasteiger partial charge in [0.1, 0.15) is 0 Å². The second-order valence-corrected chi connectivity index (χ2v) is 9.43. The van der Waals surface area contributed by atoms with Crippen LogP contribution in [0.15, 0.2) is 83.8 Å². The molecule has 29 heavy (non-hydrogen) atoms. The van der Waals surface area contributed by atoms with Gasteiger partial charge in [0, 0.05) is 27.3 Å². The van der Waals surface area contributed by atoms with Gasteiger partial charge in [0.2, 0.25) is 0 Å². The van der Waals surface area contributed by atoms with E-state index in [1.54, 1.807) is 0 Å². The third-order valence-electron chi connectivity index (χ3n) is 6.11. The summed E-state index contributed by atoms with van der Waals surface area (Å²) in [6.07, 6.45) is 5.84. The van der Waals surface area contributed by atoms with E-state index in [1.807, 2.05) is 23.9 Å². The Morgan fingerprint density at radius 3 is 2.62 bits per heavy atom. The van der Waals surface area contributed by atoms with Gasteiger partial charge in [-0.1, -0.05) is 72.3 Å². The van der Waals surface area contributed by atoms with Crippen LogP contribution in [0.3, 0.4) is 0 Å². The normalized spacial score (nSPS) is 22.1. The Balaban J connectivity index is 1.48. The predicted molar refractivity (Wildman–Crippen MR) is 125 cm³/mol. The van der Waals surface area contributed by atoms with Crippen molar-refractivity contribution < 1.29 is 0 Å². The minimum Gasteiger partial charge on any atom is -0.377 e. The molecule has 1 aliphatic heterocycles. The number of aryl methyl sites for hydroxylation is 1. The zero-order valence-corrected chi connectivity index (χ0v) is 18.0. The molecule has 0 radical (unpaired) electrons. The molecular weight excluding hydrogens is 394 g/mol. The molecule has 3 aromatic carbocycles. The molecule has 0 unspecified atom stereocenters. The van der Waals surface area contributed by atoms with Crippen molar-refractivity contribution in [3.63, 3.8) is 0 Å². The molecule has 3 aromatic rings. The molecule has 3 heteroatoms. The summed E-state index contributed by atoms with van der Waals surface area (Å²) >= 11 is 8.48. The highest BCUT2D eigenvalue weighted by Gasteiger charge is 2.39. The van der Waals surface area contributed by atoms with Gasteiger partial charge in [-0.05, 0) is 59.7 Å². The quantitative estimate of drug-likeness (QED) is 0.343. The van der Waals surface area contributed by atoms with Crippen molar-refractivity contribution in [3.05, 3.63) is 106 Å². The zero-order valence-electron chi connectivity index (χ0n) is 16.4. The lowest BCUT2D eigenvalue weighted by molar-refractivity contribution is 0.425. The summed E-state index contributed by atoms with van der Waals surface area (Å²) in [4.78, 5) is 1.32. The number of anilines is 1. The highest BCUT2D eigenvalue weighted by molar-refractivity contribution is 7.98. The van der Waals surface area contributed by atoms with Crippen molar-refractivity contribution in [1.82, 2.24) is 0 Å². The van der Waals surface area contributed by atoms with Gasteiger partial charge in [-0.3, -0.25) is 0 Å². The van der Waals surface area contributed by atoms with Crippen molar-refractivity contribution in [2.75, 3.05) is 5.32 Å². The molecule has 1 aliphatic carbocycles. The molecule has 3 atom stereocenters. The van der Waals surface area contributed by atoms with E-state index in [-0.39, 0.29) is 6.04 Å². The van der Waals surface area contributed by atoms with Crippen LogP contribution in [0.2, 0.25) is 5.02 Å². The van der Waals surface area contributed by atoms with E-state index in [1.165, 1.54) is 32.8 Å². The molecule has 1 nitrogen and oxygen atoms in total. The second-order valence-electron chi connectivity index (χ2n) is 7.98. The van der Waals surface area contributed by atoms with Crippen LogP contribution in [0.5, 0.6) is 0 Å². The third kappa shape index (κ3) is 3.60. The molecule has 0 saturated heterocycles. The van der Waals surface area contributed by atoms with Gasteiger partial charge in [0.25, 0.3) is 0 Å². The van der Waals surface area contributed by atoms with Crippen molar-refractivity contribution in [1.29, 1.82) is 0 Å². The van der Waals surface area contributed by atoms with Crippen LogP contribution >= 0.6 is 23.4 Å².